The Morgan fingerprint density at radius 3 is 2.77 bits per heavy atom. The molecule has 1 aromatic heterocycles. The van der Waals surface area contributed by atoms with Crippen LogP contribution in [0.5, 0.6) is 0 Å². The van der Waals surface area contributed by atoms with Crippen LogP contribution in [-0.2, 0) is 0 Å². The van der Waals surface area contributed by atoms with Crippen molar-refractivity contribution in [1.29, 1.82) is 0 Å². The largest absolute Gasteiger partial charge is 0.351 e. The summed E-state index contributed by atoms with van der Waals surface area (Å²) in [6.07, 6.45) is 12.5. The quantitative estimate of drug-likeness (QED) is 0.865. The second-order valence-electron chi connectivity index (χ2n) is 6.72. The summed E-state index contributed by atoms with van der Waals surface area (Å²) in [5.74, 6) is 0.642. The highest BCUT2D eigenvalue weighted by Crippen LogP contribution is 2.26. The van der Waals surface area contributed by atoms with E-state index in [-0.39, 0.29) is 5.91 Å². The van der Waals surface area contributed by atoms with Gasteiger partial charge in [0.15, 0.2) is 0 Å². The molecular weight excluding hydrogens is 294 g/mol. The average molecular weight is 321 g/mol. The molecule has 1 amide bonds. The minimum atomic E-state index is 0.0362. The highest BCUT2D eigenvalue weighted by Gasteiger charge is 2.26. The van der Waals surface area contributed by atoms with Crippen LogP contribution in [0.25, 0.3) is 0 Å². The van der Waals surface area contributed by atoms with Gasteiger partial charge < -0.3 is 10.2 Å². The molecule has 22 heavy (non-hydrogen) atoms. The summed E-state index contributed by atoms with van der Waals surface area (Å²) in [6.45, 7) is 3.22. The number of carbonyl (C=O) groups is 1. The molecule has 1 saturated carbocycles. The van der Waals surface area contributed by atoms with E-state index in [1.807, 2.05) is 0 Å². The molecule has 0 aromatic carbocycles. The monoisotopic (exact) mass is 321 g/mol. The minimum Gasteiger partial charge on any atom is -0.351 e. The number of thiazole rings is 1. The maximum absolute atomic E-state index is 12.0. The Labute approximate surface area is 137 Å². The Hall–Kier alpha value is -0.940. The molecule has 1 aromatic rings. The number of carbonyl (C=O) groups excluding carboxylic acids is 1. The lowest BCUT2D eigenvalue weighted by atomic mass is 9.94. The first-order chi connectivity index (χ1) is 10.8. The highest BCUT2D eigenvalue weighted by molar-refractivity contribution is 7.11. The van der Waals surface area contributed by atoms with Gasteiger partial charge in [-0.2, -0.15) is 0 Å². The first-order valence-corrected chi connectivity index (χ1v) is 9.61. The maximum Gasteiger partial charge on any atom is 0.263 e. The lowest BCUT2D eigenvalue weighted by Crippen LogP contribution is -2.45. The van der Waals surface area contributed by atoms with Gasteiger partial charge in [0.25, 0.3) is 5.91 Å². The van der Waals surface area contributed by atoms with Crippen LogP contribution in [0.2, 0.25) is 0 Å². The van der Waals surface area contributed by atoms with Gasteiger partial charge in [-0.25, -0.2) is 0 Å². The lowest BCUT2D eigenvalue weighted by molar-refractivity contribution is 0.0902. The van der Waals surface area contributed by atoms with Crippen molar-refractivity contribution in [3.63, 3.8) is 0 Å². The van der Waals surface area contributed by atoms with Crippen LogP contribution in [0.1, 0.15) is 61.0 Å². The van der Waals surface area contributed by atoms with Gasteiger partial charge in [-0.1, -0.05) is 25.7 Å². The molecule has 2 aliphatic rings. The van der Waals surface area contributed by atoms with Gasteiger partial charge >= 0.3 is 0 Å². The highest BCUT2D eigenvalue weighted by atomic mass is 32.1. The number of piperidine rings is 1. The van der Waals surface area contributed by atoms with E-state index >= 15 is 0 Å². The number of aromatic nitrogens is 1. The second-order valence-corrected chi connectivity index (χ2v) is 7.61. The number of nitrogens with one attached hydrogen (secondary N) is 1. The van der Waals surface area contributed by atoms with E-state index in [1.165, 1.54) is 69.2 Å². The Morgan fingerprint density at radius 1 is 1.23 bits per heavy atom. The van der Waals surface area contributed by atoms with Crippen LogP contribution in [-0.4, -0.2) is 41.5 Å². The number of hydrogen-bond donors (Lipinski definition) is 1. The van der Waals surface area contributed by atoms with Crippen LogP contribution >= 0.6 is 11.3 Å². The first kappa shape index (κ1) is 15.9. The SMILES string of the molecule is O=C(NCC1CCCN(C2CCCCCC2)C1)c1cncs1. The van der Waals surface area contributed by atoms with Gasteiger partial charge in [0.05, 0.1) is 11.7 Å². The van der Waals surface area contributed by atoms with Crippen LogP contribution in [0, 0.1) is 5.92 Å². The van der Waals surface area contributed by atoms with Gasteiger partial charge in [0, 0.05) is 19.1 Å². The zero-order chi connectivity index (χ0) is 15.2. The van der Waals surface area contributed by atoms with E-state index in [9.17, 15) is 4.79 Å². The molecule has 1 aliphatic carbocycles. The molecule has 0 bridgehead atoms. The summed E-state index contributed by atoms with van der Waals surface area (Å²) in [6, 6.07) is 0.794. The predicted octanol–water partition coefficient (Wildman–Crippen LogP) is 3.31. The fourth-order valence-electron chi connectivity index (χ4n) is 3.87. The van der Waals surface area contributed by atoms with Gasteiger partial charge in [-0.3, -0.25) is 9.78 Å². The van der Waals surface area contributed by atoms with Crippen molar-refractivity contribution in [1.82, 2.24) is 15.2 Å². The van der Waals surface area contributed by atoms with Crippen molar-refractivity contribution in [2.75, 3.05) is 19.6 Å². The molecule has 0 radical (unpaired) electrons. The van der Waals surface area contributed by atoms with Gasteiger partial charge in [0.1, 0.15) is 4.88 Å². The summed E-state index contributed by atoms with van der Waals surface area (Å²) in [5, 5.41) is 3.10. The fourth-order valence-corrected chi connectivity index (χ4v) is 4.41. The molecule has 5 heteroatoms. The fraction of sp³-hybridized carbons (Fsp3) is 0.765. The van der Waals surface area contributed by atoms with Crippen molar-refractivity contribution in [3.05, 3.63) is 16.6 Å². The number of rotatable bonds is 4. The zero-order valence-corrected chi connectivity index (χ0v) is 14.1. The third-order valence-corrected chi connectivity index (χ3v) is 5.87. The molecule has 1 unspecified atom stereocenters. The molecule has 122 valence electrons. The van der Waals surface area contributed by atoms with E-state index < -0.39 is 0 Å². The standard InChI is InChI=1S/C17H27N3OS/c21-17(16-11-18-13-22-16)19-10-14-6-5-9-20(12-14)15-7-3-1-2-4-8-15/h11,13-15H,1-10,12H2,(H,19,21). The predicted molar refractivity (Wildman–Crippen MR) is 90.2 cm³/mol. The number of likely N-dealkylation sites (tertiary alicyclic amines) is 1. The molecule has 2 fully saturated rings. The third-order valence-electron chi connectivity index (χ3n) is 5.10. The summed E-state index contributed by atoms with van der Waals surface area (Å²) in [5.41, 5.74) is 1.71. The van der Waals surface area contributed by atoms with Crippen molar-refractivity contribution in [2.24, 2.45) is 5.92 Å². The number of nitrogens with zero attached hydrogens (tertiary/aromatic N) is 2. The van der Waals surface area contributed by atoms with Crippen molar-refractivity contribution in [3.8, 4) is 0 Å². The molecule has 4 nitrogen and oxygen atoms in total. The second kappa shape index (κ2) is 8.06. The Kier molecular flexibility index (Phi) is 5.84. The van der Waals surface area contributed by atoms with Crippen molar-refractivity contribution in [2.45, 2.75) is 57.4 Å². The summed E-state index contributed by atoms with van der Waals surface area (Å²) >= 11 is 1.41. The zero-order valence-electron chi connectivity index (χ0n) is 13.3. The summed E-state index contributed by atoms with van der Waals surface area (Å²) < 4.78 is 0. The van der Waals surface area contributed by atoms with Gasteiger partial charge in [-0.15, -0.1) is 11.3 Å². The normalized spacial score (nSPS) is 24.8. The molecule has 3 rings (SSSR count). The number of hydrogen-bond acceptors (Lipinski definition) is 4. The molecule has 0 spiro atoms. The maximum atomic E-state index is 12.0. The van der Waals surface area contributed by atoms with E-state index in [0.29, 0.717) is 5.92 Å². The summed E-state index contributed by atoms with van der Waals surface area (Å²) in [4.78, 5) is 19.4. The topological polar surface area (TPSA) is 45.2 Å². The summed E-state index contributed by atoms with van der Waals surface area (Å²) in [7, 11) is 0. The molecule has 1 N–H and O–H groups in total. The van der Waals surface area contributed by atoms with Crippen LogP contribution in [0.15, 0.2) is 11.7 Å². The Balaban J connectivity index is 1.47. The molecule has 1 aliphatic heterocycles. The smallest absolute Gasteiger partial charge is 0.263 e. The molecule has 1 atom stereocenters. The average Bonchev–Trinajstić information content (AvgIpc) is 2.95. The van der Waals surface area contributed by atoms with Crippen LogP contribution < -0.4 is 5.32 Å². The lowest BCUT2D eigenvalue weighted by Gasteiger charge is -2.38. The van der Waals surface area contributed by atoms with Crippen LogP contribution in [0.3, 0.4) is 0 Å². The molecular formula is C17H27N3OS. The van der Waals surface area contributed by atoms with E-state index in [4.69, 9.17) is 0 Å². The van der Waals surface area contributed by atoms with E-state index in [1.54, 1.807) is 11.7 Å². The Morgan fingerprint density at radius 2 is 2.05 bits per heavy atom. The van der Waals surface area contributed by atoms with Crippen molar-refractivity contribution < 1.29 is 4.79 Å². The Bertz CT molecular complexity index is 454. The number of amides is 1. The molecule has 2 heterocycles. The molecule has 1 saturated heterocycles. The van der Waals surface area contributed by atoms with E-state index in [2.05, 4.69) is 15.2 Å². The van der Waals surface area contributed by atoms with Crippen molar-refractivity contribution >= 4 is 17.2 Å². The minimum absolute atomic E-state index is 0.0362. The first-order valence-electron chi connectivity index (χ1n) is 8.73. The van der Waals surface area contributed by atoms with Gasteiger partial charge in [0.2, 0.25) is 0 Å². The van der Waals surface area contributed by atoms with Gasteiger partial charge in [-0.05, 0) is 38.1 Å². The third kappa shape index (κ3) is 4.29. The van der Waals surface area contributed by atoms with E-state index in [0.717, 1.165) is 24.0 Å². The van der Waals surface area contributed by atoms with Crippen LogP contribution in [0.4, 0.5) is 0 Å².